The van der Waals surface area contributed by atoms with Crippen molar-refractivity contribution < 1.29 is 18.0 Å². The Labute approximate surface area is 221 Å². The molecule has 1 aromatic heterocycles. The molecule has 0 unspecified atom stereocenters. The first-order valence-corrected chi connectivity index (χ1v) is 14.3. The number of hydrogen-bond acceptors (Lipinski definition) is 4. The van der Waals surface area contributed by atoms with Crippen molar-refractivity contribution in [3.63, 3.8) is 0 Å². The number of sulfone groups is 1. The number of benzene rings is 2. The minimum Gasteiger partial charge on any atom is -0.358 e. The highest BCUT2D eigenvalue weighted by atomic mass is 35.5. The first kappa shape index (κ1) is 25.3. The number of likely N-dealkylation sites (tertiary alicyclic amines) is 1. The van der Waals surface area contributed by atoms with Gasteiger partial charge in [-0.25, -0.2) is 8.42 Å². The molecule has 2 aliphatic rings. The van der Waals surface area contributed by atoms with Gasteiger partial charge in [-0.05, 0) is 80.6 Å². The van der Waals surface area contributed by atoms with Crippen molar-refractivity contribution in [1.82, 2.24) is 9.88 Å². The molecule has 1 fully saturated rings. The summed E-state index contributed by atoms with van der Waals surface area (Å²) in [5.41, 5.74) is 4.78. The summed E-state index contributed by atoms with van der Waals surface area (Å²) in [6, 6.07) is 11.4. The predicted octanol–water partition coefficient (Wildman–Crippen LogP) is 5.38. The van der Waals surface area contributed by atoms with Crippen molar-refractivity contribution in [3.05, 3.63) is 81.1 Å². The van der Waals surface area contributed by atoms with Gasteiger partial charge in [0.15, 0.2) is 9.84 Å². The van der Waals surface area contributed by atoms with Crippen LogP contribution < -0.4 is 5.32 Å². The number of anilines is 1. The molecular formula is C28H28ClN3O4S. The van der Waals surface area contributed by atoms with Gasteiger partial charge in [0.25, 0.3) is 11.8 Å². The lowest BCUT2D eigenvalue weighted by Gasteiger charge is -2.27. The van der Waals surface area contributed by atoms with E-state index in [4.69, 9.17) is 11.6 Å². The molecule has 37 heavy (non-hydrogen) atoms. The summed E-state index contributed by atoms with van der Waals surface area (Å²) in [5.74, 6) is -0.528. The number of aryl methyl sites for hydroxylation is 1. The quantitative estimate of drug-likeness (QED) is 0.427. The van der Waals surface area contributed by atoms with Crippen LogP contribution >= 0.6 is 11.6 Å². The summed E-state index contributed by atoms with van der Waals surface area (Å²) >= 11 is 6.02. The third-order valence-corrected chi connectivity index (χ3v) is 8.92. The van der Waals surface area contributed by atoms with Crippen LogP contribution in [0.4, 0.5) is 5.69 Å². The second kappa shape index (κ2) is 9.84. The maximum absolute atomic E-state index is 13.2. The Morgan fingerprint density at radius 1 is 1.08 bits per heavy atom. The Balaban J connectivity index is 1.49. The predicted molar refractivity (Wildman–Crippen MR) is 145 cm³/mol. The molecule has 192 valence electrons. The molecule has 3 aromatic rings. The van der Waals surface area contributed by atoms with Crippen molar-refractivity contribution >= 4 is 50.6 Å². The zero-order valence-corrected chi connectivity index (χ0v) is 22.3. The largest absolute Gasteiger partial charge is 0.358 e. The van der Waals surface area contributed by atoms with Crippen LogP contribution in [0.15, 0.2) is 47.4 Å². The highest BCUT2D eigenvalue weighted by molar-refractivity contribution is 7.90. The van der Waals surface area contributed by atoms with Gasteiger partial charge in [0.2, 0.25) is 0 Å². The van der Waals surface area contributed by atoms with Crippen LogP contribution in [0.3, 0.4) is 0 Å². The van der Waals surface area contributed by atoms with Crippen LogP contribution in [0, 0.1) is 13.8 Å². The van der Waals surface area contributed by atoms with Gasteiger partial charge in [-0.1, -0.05) is 23.7 Å². The third-order valence-electron chi connectivity index (χ3n) is 7.00. The fourth-order valence-corrected chi connectivity index (χ4v) is 6.64. The van der Waals surface area contributed by atoms with E-state index in [0.717, 1.165) is 43.6 Å². The van der Waals surface area contributed by atoms with Crippen LogP contribution in [-0.2, 0) is 20.4 Å². The zero-order chi connectivity index (χ0) is 26.3. The lowest BCUT2D eigenvalue weighted by atomic mass is 10.0. The number of piperidine rings is 1. The van der Waals surface area contributed by atoms with Gasteiger partial charge in [-0.2, -0.15) is 0 Å². The second-order valence-electron chi connectivity index (χ2n) is 9.63. The van der Waals surface area contributed by atoms with E-state index in [1.807, 2.05) is 18.7 Å². The van der Waals surface area contributed by atoms with Gasteiger partial charge in [-0.3, -0.25) is 9.59 Å². The van der Waals surface area contributed by atoms with Crippen LogP contribution in [0.2, 0.25) is 5.02 Å². The standard InChI is InChI=1S/C28H28ClN3O4S/c1-17-25(30-18(2)26(17)28(34)32-11-4-3-5-12-32)15-23-22-14-21(9-10-24(22)31-27(23)33)37(35,36)16-19-7-6-8-20(29)13-19/h6-10,13-15,30H,3-5,11-12,16H2,1-2H3,(H,31,33)/b23-15-. The normalized spacial score (nSPS) is 16.7. The molecular weight excluding hydrogens is 510 g/mol. The molecule has 0 bridgehead atoms. The number of nitrogens with zero attached hydrogens (tertiary/aromatic N) is 1. The molecule has 7 nitrogen and oxygen atoms in total. The number of nitrogens with one attached hydrogen (secondary N) is 2. The van der Waals surface area contributed by atoms with Crippen molar-refractivity contribution in [3.8, 4) is 0 Å². The first-order chi connectivity index (χ1) is 17.6. The minimum absolute atomic E-state index is 0.00117. The Morgan fingerprint density at radius 3 is 2.57 bits per heavy atom. The average molecular weight is 538 g/mol. The maximum Gasteiger partial charge on any atom is 0.256 e. The molecule has 5 rings (SSSR count). The molecule has 1 saturated heterocycles. The van der Waals surface area contributed by atoms with Gasteiger partial charge >= 0.3 is 0 Å². The fraction of sp³-hybridized carbons (Fsp3) is 0.286. The topological polar surface area (TPSA) is 99.3 Å². The summed E-state index contributed by atoms with van der Waals surface area (Å²) in [7, 11) is -3.68. The van der Waals surface area contributed by atoms with Crippen LogP contribution in [-0.4, -0.2) is 43.2 Å². The second-order valence-corrected chi connectivity index (χ2v) is 12.1. The van der Waals surface area contributed by atoms with Crippen LogP contribution in [0.1, 0.15) is 57.7 Å². The number of amides is 2. The van der Waals surface area contributed by atoms with E-state index in [9.17, 15) is 18.0 Å². The van der Waals surface area contributed by atoms with Gasteiger partial charge in [0.1, 0.15) is 0 Å². The molecule has 0 saturated carbocycles. The highest BCUT2D eigenvalue weighted by Gasteiger charge is 2.29. The van der Waals surface area contributed by atoms with E-state index < -0.39 is 9.84 Å². The minimum atomic E-state index is -3.68. The molecule has 2 amide bonds. The number of halogens is 1. The zero-order valence-electron chi connectivity index (χ0n) is 20.7. The van der Waals surface area contributed by atoms with E-state index >= 15 is 0 Å². The van der Waals surface area contributed by atoms with Crippen molar-refractivity contribution in [2.24, 2.45) is 0 Å². The van der Waals surface area contributed by atoms with Gasteiger partial charge < -0.3 is 15.2 Å². The molecule has 0 aliphatic carbocycles. The van der Waals surface area contributed by atoms with E-state index in [0.29, 0.717) is 38.7 Å². The number of aromatic nitrogens is 1. The lowest BCUT2D eigenvalue weighted by molar-refractivity contribution is -0.110. The van der Waals surface area contributed by atoms with Gasteiger partial charge in [-0.15, -0.1) is 0 Å². The molecule has 3 heterocycles. The Kier molecular flexibility index (Phi) is 6.72. The summed E-state index contributed by atoms with van der Waals surface area (Å²) in [6.07, 6.45) is 4.84. The number of fused-ring (bicyclic) bond motifs is 1. The van der Waals surface area contributed by atoms with E-state index in [1.165, 1.54) is 12.1 Å². The third kappa shape index (κ3) is 4.95. The number of aromatic amines is 1. The molecule has 2 aromatic carbocycles. The smallest absolute Gasteiger partial charge is 0.256 e. The number of carbonyl (C=O) groups is 2. The van der Waals surface area contributed by atoms with Gasteiger partial charge in [0.05, 0.1) is 21.8 Å². The van der Waals surface area contributed by atoms with E-state index in [2.05, 4.69) is 10.3 Å². The lowest BCUT2D eigenvalue weighted by Crippen LogP contribution is -2.36. The Morgan fingerprint density at radius 2 is 1.84 bits per heavy atom. The summed E-state index contributed by atoms with van der Waals surface area (Å²) < 4.78 is 26.3. The number of H-pyrrole nitrogens is 1. The molecule has 0 radical (unpaired) electrons. The molecule has 2 N–H and O–H groups in total. The van der Waals surface area contributed by atoms with Gasteiger partial charge in [0, 0.05) is 40.8 Å². The van der Waals surface area contributed by atoms with Crippen molar-refractivity contribution in [2.75, 3.05) is 18.4 Å². The number of hydrogen-bond donors (Lipinski definition) is 2. The number of carbonyl (C=O) groups excluding carboxylic acids is 2. The highest BCUT2D eigenvalue weighted by Crippen LogP contribution is 2.36. The molecule has 0 spiro atoms. The first-order valence-electron chi connectivity index (χ1n) is 12.3. The maximum atomic E-state index is 13.2. The Hall–Kier alpha value is -3.36. The van der Waals surface area contributed by atoms with Crippen molar-refractivity contribution in [1.29, 1.82) is 0 Å². The monoisotopic (exact) mass is 537 g/mol. The van der Waals surface area contributed by atoms with Crippen LogP contribution in [0.25, 0.3) is 11.6 Å². The summed E-state index contributed by atoms with van der Waals surface area (Å²) in [6.45, 7) is 5.23. The van der Waals surface area contributed by atoms with Crippen molar-refractivity contribution in [2.45, 2.75) is 43.8 Å². The fourth-order valence-electron chi connectivity index (χ4n) is 5.07. The van der Waals surface area contributed by atoms with E-state index in [-0.39, 0.29) is 22.5 Å². The summed E-state index contributed by atoms with van der Waals surface area (Å²) in [4.78, 5) is 31.4. The SMILES string of the molecule is Cc1[nH]c(/C=C2\C(=O)Nc3ccc(S(=O)(=O)Cc4cccc(Cl)c4)cc32)c(C)c1C(=O)N1CCCCC1. The Bertz CT molecular complexity index is 1550. The number of rotatable bonds is 5. The van der Waals surface area contributed by atoms with Crippen LogP contribution in [0.5, 0.6) is 0 Å². The average Bonchev–Trinajstić information content (AvgIpc) is 3.33. The molecule has 2 aliphatic heterocycles. The molecule has 0 atom stereocenters. The summed E-state index contributed by atoms with van der Waals surface area (Å²) in [5, 5.41) is 3.28. The van der Waals surface area contributed by atoms with E-state index in [1.54, 1.807) is 36.4 Å². The molecule has 9 heteroatoms.